The molecule has 0 unspecified atom stereocenters. The second-order valence-electron chi connectivity index (χ2n) is 7.66. The number of β-lactam (4-membered cyclic amide) rings is 1. The van der Waals surface area contributed by atoms with Crippen LogP contribution in [0.1, 0.15) is 42.3 Å². The second-order valence-corrected chi connectivity index (χ2v) is 9.40. The predicted molar refractivity (Wildman–Crippen MR) is 101 cm³/mol. The van der Waals surface area contributed by atoms with Gasteiger partial charge in [-0.1, -0.05) is 17.7 Å². The molecule has 0 bridgehead atoms. The number of benzene rings is 1. The number of amides is 2. The Bertz CT molecular complexity index is 881. The number of carbonyl (C=O) groups is 4. The number of thioether (sulfide) groups is 1. The SMILES string of the molecule is CC(=O)[C@]1(NC(=O)c2ccc(C)cc2C)C(=O)N2[C@@H](C(=O)O)C(C)(C)S[C@@H]21. The molecule has 2 fully saturated rings. The third kappa shape index (κ3) is 2.65. The molecule has 3 atom stereocenters. The number of rotatable bonds is 4. The lowest BCUT2D eigenvalue weighted by Gasteiger charge is -2.51. The van der Waals surface area contributed by atoms with Crippen LogP contribution in [0.5, 0.6) is 0 Å². The van der Waals surface area contributed by atoms with Crippen LogP contribution in [0.15, 0.2) is 18.2 Å². The van der Waals surface area contributed by atoms with Crippen molar-refractivity contribution < 1.29 is 24.3 Å². The summed E-state index contributed by atoms with van der Waals surface area (Å²) in [4.78, 5) is 51.1. The van der Waals surface area contributed by atoms with E-state index in [9.17, 15) is 24.3 Å². The van der Waals surface area contributed by atoms with Crippen LogP contribution in [-0.2, 0) is 14.4 Å². The number of aliphatic carboxylic acids is 1. The number of hydrogen-bond donors (Lipinski definition) is 2. The largest absolute Gasteiger partial charge is 0.480 e. The molecule has 0 aromatic heterocycles. The van der Waals surface area contributed by atoms with E-state index in [0.29, 0.717) is 5.56 Å². The van der Waals surface area contributed by atoms with Crippen LogP contribution in [0.3, 0.4) is 0 Å². The van der Waals surface area contributed by atoms with E-state index in [0.717, 1.165) is 11.1 Å². The number of hydrogen-bond acceptors (Lipinski definition) is 5. The second kappa shape index (κ2) is 6.09. The molecule has 2 saturated heterocycles. The van der Waals surface area contributed by atoms with E-state index < -0.39 is 45.3 Å². The molecule has 1 aromatic carbocycles. The van der Waals surface area contributed by atoms with Crippen LogP contribution < -0.4 is 5.32 Å². The van der Waals surface area contributed by atoms with Crippen LogP contribution >= 0.6 is 11.8 Å². The zero-order chi connectivity index (χ0) is 20.3. The molecule has 3 rings (SSSR count). The monoisotopic (exact) mass is 390 g/mol. The van der Waals surface area contributed by atoms with Gasteiger partial charge in [-0.25, -0.2) is 4.79 Å². The number of nitrogens with one attached hydrogen (secondary N) is 1. The van der Waals surface area contributed by atoms with Crippen molar-refractivity contribution in [3.05, 3.63) is 34.9 Å². The van der Waals surface area contributed by atoms with Crippen molar-refractivity contribution in [1.82, 2.24) is 10.2 Å². The van der Waals surface area contributed by atoms with Crippen molar-refractivity contribution in [2.45, 2.75) is 56.3 Å². The quantitative estimate of drug-likeness (QED) is 0.597. The number of carbonyl (C=O) groups excluding carboxylic acids is 3. The molecule has 8 heteroatoms. The van der Waals surface area contributed by atoms with E-state index in [1.54, 1.807) is 32.9 Å². The van der Waals surface area contributed by atoms with Crippen molar-refractivity contribution in [2.24, 2.45) is 0 Å². The third-order valence-corrected chi connectivity index (χ3v) is 6.91. The Balaban J connectivity index is 1.97. The van der Waals surface area contributed by atoms with Crippen LogP contribution in [0.2, 0.25) is 0 Å². The highest BCUT2D eigenvalue weighted by molar-refractivity contribution is 8.01. The number of carboxylic acids is 1. The molecule has 0 saturated carbocycles. The van der Waals surface area contributed by atoms with E-state index >= 15 is 0 Å². The highest BCUT2D eigenvalue weighted by Crippen LogP contribution is 2.55. The predicted octanol–water partition coefficient (Wildman–Crippen LogP) is 1.51. The normalized spacial score (nSPS) is 28.3. The van der Waals surface area contributed by atoms with Gasteiger partial charge in [0.05, 0.1) is 0 Å². The first-order chi connectivity index (χ1) is 12.4. The lowest BCUT2D eigenvalue weighted by Crippen LogP contribution is -2.82. The number of nitrogens with zero attached hydrogens (tertiary/aromatic N) is 1. The first kappa shape index (κ1) is 19.4. The number of aryl methyl sites for hydroxylation is 2. The van der Waals surface area contributed by atoms with Gasteiger partial charge in [0.25, 0.3) is 11.8 Å². The van der Waals surface area contributed by atoms with E-state index in [-0.39, 0.29) is 0 Å². The molecule has 2 N–H and O–H groups in total. The number of Topliss-reactive ketones (excluding diaryl/α,β-unsaturated/α-hetero) is 1. The van der Waals surface area contributed by atoms with Crippen molar-refractivity contribution >= 4 is 35.3 Å². The van der Waals surface area contributed by atoms with Gasteiger partial charge in [0.1, 0.15) is 11.4 Å². The maximum Gasteiger partial charge on any atom is 0.327 e. The first-order valence-corrected chi connectivity index (χ1v) is 9.45. The molecule has 0 aliphatic carbocycles. The van der Waals surface area contributed by atoms with Crippen molar-refractivity contribution in [3.63, 3.8) is 0 Å². The lowest BCUT2D eigenvalue weighted by molar-refractivity contribution is -0.170. The molecule has 0 spiro atoms. The van der Waals surface area contributed by atoms with Gasteiger partial charge in [0.15, 0.2) is 5.78 Å². The summed E-state index contributed by atoms with van der Waals surface area (Å²) in [5, 5.41) is 11.4. The Morgan fingerprint density at radius 2 is 1.85 bits per heavy atom. The summed E-state index contributed by atoms with van der Waals surface area (Å²) in [5.74, 6) is -2.81. The standard InChI is InChI=1S/C19H22N2O5S/c1-9-6-7-12(10(2)8-9)14(23)20-19(11(3)22)16(26)21-13(15(24)25)18(4,5)27-17(19)21/h6-8,13,17H,1-5H3,(H,20,23)(H,24,25)/t13-,17+,19-/m0/s1. The molecule has 7 nitrogen and oxygen atoms in total. The Labute approximate surface area is 161 Å². The van der Waals surface area contributed by atoms with Crippen LogP contribution in [0, 0.1) is 13.8 Å². The van der Waals surface area contributed by atoms with Gasteiger partial charge in [0, 0.05) is 10.3 Å². The maximum absolute atomic E-state index is 12.9. The average Bonchev–Trinajstić information content (AvgIpc) is 2.80. The minimum absolute atomic E-state index is 0.379. The zero-order valence-corrected chi connectivity index (χ0v) is 16.6. The van der Waals surface area contributed by atoms with Crippen molar-refractivity contribution in [2.75, 3.05) is 0 Å². The highest BCUT2D eigenvalue weighted by atomic mass is 32.2. The van der Waals surface area contributed by atoms with E-state index in [1.165, 1.54) is 23.6 Å². The molecule has 2 aliphatic heterocycles. The van der Waals surface area contributed by atoms with E-state index in [4.69, 9.17) is 0 Å². The molecule has 2 aliphatic rings. The van der Waals surface area contributed by atoms with Crippen molar-refractivity contribution in [3.8, 4) is 0 Å². The number of fused-ring (bicyclic) bond motifs is 1. The first-order valence-electron chi connectivity index (χ1n) is 8.57. The van der Waals surface area contributed by atoms with Gasteiger partial charge in [-0.3, -0.25) is 14.4 Å². The fraction of sp³-hybridized carbons (Fsp3) is 0.474. The van der Waals surface area contributed by atoms with Gasteiger partial charge in [-0.05, 0) is 46.2 Å². The van der Waals surface area contributed by atoms with Gasteiger partial charge in [-0.15, -0.1) is 11.8 Å². The van der Waals surface area contributed by atoms with E-state index in [1.807, 2.05) is 13.0 Å². The zero-order valence-electron chi connectivity index (χ0n) is 15.8. The van der Waals surface area contributed by atoms with Gasteiger partial charge >= 0.3 is 5.97 Å². The molecule has 2 amide bonds. The number of ketones is 1. The molecule has 0 radical (unpaired) electrons. The molecular weight excluding hydrogens is 368 g/mol. The topological polar surface area (TPSA) is 104 Å². The molecule has 144 valence electrons. The Morgan fingerprint density at radius 1 is 1.22 bits per heavy atom. The van der Waals surface area contributed by atoms with Crippen LogP contribution in [0.4, 0.5) is 0 Å². The third-order valence-electron chi connectivity index (χ3n) is 5.27. The van der Waals surface area contributed by atoms with Gasteiger partial charge in [0.2, 0.25) is 5.54 Å². The summed E-state index contributed by atoms with van der Waals surface area (Å²) in [6.45, 7) is 8.38. The summed E-state index contributed by atoms with van der Waals surface area (Å²) in [7, 11) is 0. The molecule has 2 heterocycles. The summed E-state index contributed by atoms with van der Waals surface area (Å²) < 4.78 is -0.784. The van der Waals surface area contributed by atoms with Crippen molar-refractivity contribution in [1.29, 1.82) is 0 Å². The van der Waals surface area contributed by atoms with Crippen LogP contribution in [-0.4, -0.2) is 55.3 Å². The molecule has 1 aromatic rings. The summed E-state index contributed by atoms with van der Waals surface area (Å²) in [5.41, 5.74) is 0.372. The summed E-state index contributed by atoms with van der Waals surface area (Å²) >= 11 is 1.23. The number of carboxylic acid groups (broad SMARTS) is 1. The minimum Gasteiger partial charge on any atom is -0.480 e. The minimum atomic E-state index is -1.74. The molecule has 27 heavy (non-hydrogen) atoms. The van der Waals surface area contributed by atoms with Gasteiger partial charge in [-0.2, -0.15) is 0 Å². The maximum atomic E-state index is 12.9. The summed E-state index contributed by atoms with van der Waals surface area (Å²) in [6, 6.07) is 4.23. The Kier molecular flexibility index (Phi) is 4.38. The fourth-order valence-corrected chi connectivity index (χ4v) is 5.65. The van der Waals surface area contributed by atoms with Gasteiger partial charge < -0.3 is 15.3 Å². The van der Waals surface area contributed by atoms with Crippen LogP contribution in [0.25, 0.3) is 0 Å². The Hall–Kier alpha value is -2.35. The summed E-state index contributed by atoms with van der Waals surface area (Å²) in [6.07, 6.45) is 0. The Morgan fingerprint density at radius 3 is 2.37 bits per heavy atom. The lowest BCUT2D eigenvalue weighted by atomic mass is 9.81. The van der Waals surface area contributed by atoms with E-state index in [2.05, 4.69) is 5.32 Å². The highest BCUT2D eigenvalue weighted by Gasteiger charge is 2.74. The average molecular weight is 390 g/mol. The fourth-order valence-electron chi connectivity index (χ4n) is 3.90. The molecular formula is C19H22N2O5S. The smallest absolute Gasteiger partial charge is 0.327 e.